The van der Waals surface area contributed by atoms with E-state index in [1.54, 1.807) is 0 Å². The normalized spacial score (nSPS) is 52.3. The molecule has 5 aliphatic rings. The molecule has 4 fully saturated rings. The van der Waals surface area contributed by atoms with E-state index in [9.17, 15) is 35.7 Å². The summed E-state index contributed by atoms with van der Waals surface area (Å²) >= 11 is 0. The molecule has 2 saturated carbocycles. The molecule has 2 heterocycles. The lowest BCUT2D eigenvalue weighted by atomic mass is 9.44. The van der Waals surface area contributed by atoms with Crippen LogP contribution >= 0.6 is 0 Å². The average Bonchev–Trinajstić information content (AvgIpc) is 3.23. The van der Waals surface area contributed by atoms with Crippen LogP contribution in [0.2, 0.25) is 0 Å². The molecule has 240 valence electrons. The second-order valence-electron chi connectivity index (χ2n) is 14.2. The first-order valence-electron chi connectivity index (χ1n) is 15.3. The zero-order chi connectivity index (χ0) is 30.8. The van der Waals surface area contributed by atoms with Crippen LogP contribution in [0.5, 0.6) is 0 Å². The van der Waals surface area contributed by atoms with Gasteiger partial charge in [-0.1, -0.05) is 45.4 Å². The molecule has 0 amide bonds. The Morgan fingerprint density at radius 2 is 1.38 bits per heavy atom. The molecule has 15 atom stereocenters. The Bertz CT molecular complexity index is 1020. The van der Waals surface area contributed by atoms with Gasteiger partial charge in [0.2, 0.25) is 0 Å². The summed E-state index contributed by atoms with van der Waals surface area (Å²) < 4.78 is 24.1. The summed E-state index contributed by atoms with van der Waals surface area (Å²) in [6.45, 7) is 11.9. The van der Waals surface area contributed by atoms with Gasteiger partial charge in [-0.15, -0.1) is 6.58 Å². The molecule has 0 unspecified atom stereocenters. The number of fused-ring (bicyclic) bond motifs is 3. The lowest BCUT2D eigenvalue weighted by molar-refractivity contribution is -0.318. The van der Waals surface area contributed by atoms with Gasteiger partial charge in [0.1, 0.15) is 42.7 Å². The highest BCUT2D eigenvalue weighted by Crippen LogP contribution is 2.64. The molecule has 11 nitrogen and oxygen atoms in total. The predicted molar refractivity (Wildman–Crippen MR) is 150 cm³/mol. The molecule has 2 aliphatic heterocycles. The van der Waals surface area contributed by atoms with Crippen LogP contribution < -0.4 is 0 Å². The molecule has 3 aliphatic carbocycles. The Morgan fingerprint density at radius 3 is 1.95 bits per heavy atom. The van der Waals surface area contributed by atoms with Crippen LogP contribution in [0.4, 0.5) is 0 Å². The third-order valence-corrected chi connectivity index (χ3v) is 11.5. The van der Waals surface area contributed by atoms with Gasteiger partial charge >= 0.3 is 0 Å². The average molecular weight is 599 g/mol. The summed E-state index contributed by atoms with van der Waals surface area (Å²) in [5.41, 5.74) is 0.374. The topological polar surface area (TPSA) is 179 Å². The fourth-order valence-electron chi connectivity index (χ4n) is 8.76. The van der Waals surface area contributed by atoms with Crippen molar-refractivity contribution in [3.05, 3.63) is 24.3 Å². The molecule has 5 rings (SSSR count). The van der Waals surface area contributed by atoms with Crippen molar-refractivity contribution in [1.29, 1.82) is 0 Å². The Balaban J connectivity index is 1.36. The molecule has 0 aromatic carbocycles. The zero-order valence-corrected chi connectivity index (χ0v) is 25.1. The fraction of sp³-hybridized carbons (Fsp3) is 0.871. The Labute approximate surface area is 247 Å². The maximum absolute atomic E-state index is 10.7. The van der Waals surface area contributed by atoms with E-state index in [4.69, 9.17) is 18.9 Å². The van der Waals surface area contributed by atoms with Gasteiger partial charge in [-0.05, 0) is 54.8 Å². The van der Waals surface area contributed by atoms with E-state index in [2.05, 4.69) is 33.4 Å². The van der Waals surface area contributed by atoms with Crippen molar-refractivity contribution in [2.45, 2.75) is 127 Å². The summed E-state index contributed by atoms with van der Waals surface area (Å²) in [4.78, 5) is 0. The molecular weight excluding hydrogens is 548 g/mol. The van der Waals surface area contributed by atoms with Crippen molar-refractivity contribution >= 4 is 0 Å². The molecule has 0 spiro atoms. The van der Waals surface area contributed by atoms with Crippen molar-refractivity contribution in [1.82, 2.24) is 0 Å². The molecule has 7 N–H and O–H groups in total. The summed E-state index contributed by atoms with van der Waals surface area (Å²) in [6, 6.07) is 0. The molecule has 0 bridgehead atoms. The Morgan fingerprint density at radius 1 is 0.833 bits per heavy atom. The third-order valence-electron chi connectivity index (χ3n) is 11.5. The molecule has 11 heteroatoms. The van der Waals surface area contributed by atoms with Crippen molar-refractivity contribution in [3.8, 4) is 0 Å². The van der Waals surface area contributed by atoms with Crippen LogP contribution in [0.15, 0.2) is 24.3 Å². The van der Waals surface area contributed by atoms with Crippen molar-refractivity contribution < 1.29 is 54.7 Å². The van der Waals surface area contributed by atoms with E-state index in [0.29, 0.717) is 12.8 Å². The van der Waals surface area contributed by atoms with E-state index >= 15 is 0 Å². The first-order valence-corrected chi connectivity index (χ1v) is 15.3. The first kappa shape index (κ1) is 32.4. The summed E-state index contributed by atoms with van der Waals surface area (Å²) in [5, 5.41) is 71.1. The maximum atomic E-state index is 10.7. The van der Waals surface area contributed by atoms with E-state index in [-0.39, 0.29) is 28.8 Å². The fourth-order valence-corrected chi connectivity index (χ4v) is 8.76. The highest BCUT2D eigenvalue weighted by Gasteiger charge is 2.60. The minimum Gasteiger partial charge on any atom is -0.394 e. The van der Waals surface area contributed by atoms with Crippen LogP contribution in [0, 0.1) is 28.1 Å². The van der Waals surface area contributed by atoms with Gasteiger partial charge in [0.05, 0.1) is 25.4 Å². The predicted octanol–water partition coefficient (Wildman–Crippen LogP) is 0.371. The molecule has 0 aromatic rings. The van der Waals surface area contributed by atoms with Gasteiger partial charge in [-0.3, -0.25) is 0 Å². The Hall–Kier alpha value is -0.960. The standard InChI is InChI=1S/C31H50O11/c1-6-30(4)12-15-7-8-19-29(2,3)20(41-27-25(37)23(35)18(14-33)40-27)9-10-31(19,5)16(15)11-21(30)42-28-26(38)24(36)22(34)17(13-32)39-28/h6,12,16-28,32-38H,1,7-11,13-14H2,2-5H3/t16-,17+,18-,19+,20-,21+,22+,23-,24-,25+,26+,27-,28-,30+,31-/m0/s1. The number of allylic oxidation sites excluding steroid dienone is 1. The molecule has 42 heavy (non-hydrogen) atoms. The summed E-state index contributed by atoms with van der Waals surface area (Å²) in [7, 11) is 0. The van der Waals surface area contributed by atoms with Gasteiger partial charge in [0, 0.05) is 5.41 Å². The number of ether oxygens (including phenoxy) is 4. The molecular formula is C31H50O11. The zero-order valence-electron chi connectivity index (χ0n) is 25.1. The third kappa shape index (κ3) is 5.22. The van der Waals surface area contributed by atoms with Crippen LogP contribution in [0.1, 0.15) is 59.8 Å². The number of hydrogen-bond acceptors (Lipinski definition) is 11. The SMILES string of the molecule is C=C[C@]1(C)C=C2CC[C@@H]3C(C)(C)[C@@H](O[C@@H]4O[C@@H](CO)[C@H](O)[C@H]4O)CC[C@@]3(C)[C@H]2C[C@H]1O[C@@H]1O[C@H](CO)[C@@H](O)[C@H](O)[C@H]1O. The van der Waals surface area contributed by atoms with Gasteiger partial charge < -0.3 is 54.7 Å². The second kappa shape index (κ2) is 11.8. The number of rotatable bonds is 7. The molecule has 0 aromatic heterocycles. The quantitative estimate of drug-likeness (QED) is 0.201. The van der Waals surface area contributed by atoms with E-state index in [1.165, 1.54) is 5.57 Å². The summed E-state index contributed by atoms with van der Waals surface area (Å²) in [6.07, 6.45) is -3.64. The lowest BCUT2D eigenvalue weighted by Crippen LogP contribution is -2.61. The second-order valence-corrected chi connectivity index (χ2v) is 14.2. The summed E-state index contributed by atoms with van der Waals surface area (Å²) in [5.74, 6) is 0.414. The van der Waals surface area contributed by atoms with E-state index < -0.39 is 80.0 Å². The monoisotopic (exact) mass is 598 g/mol. The first-order chi connectivity index (χ1) is 19.7. The van der Waals surface area contributed by atoms with Crippen molar-refractivity contribution in [3.63, 3.8) is 0 Å². The van der Waals surface area contributed by atoms with E-state index in [1.807, 2.05) is 13.0 Å². The van der Waals surface area contributed by atoms with Crippen molar-refractivity contribution in [2.24, 2.45) is 28.1 Å². The van der Waals surface area contributed by atoms with Gasteiger partial charge in [0.25, 0.3) is 0 Å². The highest BCUT2D eigenvalue weighted by atomic mass is 16.7. The number of aliphatic hydroxyl groups excluding tert-OH is 7. The Kier molecular flexibility index (Phi) is 9.08. The van der Waals surface area contributed by atoms with Crippen LogP contribution in [0.25, 0.3) is 0 Å². The minimum atomic E-state index is -1.52. The molecule has 0 radical (unpaired) electrons. The minimum absolute atomic E-state index is 0.116. The van der Waals surface area contributed by atoms with Gasteiger partial charge in [0.15, 0.2) is 12.6 Å². The largest absolute Gasteiger partial charge is 0.394 e. The van der Waals surface area contributed by atoms with Gasteiger partial charge in [-0.2, -0.15) is 0 Å². The maximum Gasteiger partial charge on any atom is 0.187 e. The van der Waals surface area contributed by atoms with Gasteiger partial charge in [-0.25, -0.2) is 0 Å². The van der Waals surface area contributed by atoms with Crippen LogP contribution in [-0.2, 0) is 18.9 Å². The highest BCUT2D eigenvalue weighted by molar-refractivity contribution is 5.29. The molecule has 2 saturated heterocycles. The lowest BCUT2D eigenvalue weighted by Gasteiger charge is -2.62. The number of aliphatic hydroxyl groups is 7. The van der Waals surface area contributed by atoms with E-state index in [0.717, 1.165) is 19.3 Å². The van der Waals surface area contributed by atoms with Crippen molar-refractivity contribution in [2.75, 3.05) is 13.2 Å². The van der Waals surface area contributed by atoms with Crippen LogP contribution in [-0.4, -0.2) is 116 Å². The van der Waals surface area contributed by atoms with Crippen LogP contribution in [0.3, 0.4) is 0 Å². The number of hydrogen-bond donors (Lipinski definition) is 7. The smallest absolute Gasteiger partial charge is 0.187 e.